The molecule has 0 bridgehead atoms. The highest BCUT2D eigenvalue weighted by Gasteiger charge is 2.57. The molecule has 3 fully saturated rings. The molecule has 11 heteroatoms. The Balaban J connectivity index is 1.40. The van der Waals surface area contributed by atoms with E-state index in [1.807, 2.05) is 26.0 Å². The quantitative estimate of drug-likeness (QED) is 0.459. The van der Waals surface area contributed by atoms with Gasteiger partial charge in [-0.05, 0) is 68.6 Å². The molecule has 206 valence electrons. The van der Waals surface area contributed by atoms with E-state index in [9.17, 15) is 5.11 Å². The minimum atomic E-state index is -2.00. The summed E-state index contributed by atoms with van der Waals surface area (Å²) >= 11 is 6.32. The molecule has 0 radical (unpaired) electrons. The van der Waals surface area contributed by atoms with Crippen molar-refractivity contribution in [1.29, 1.82) is 0 Å². The number of halogens is 1. The third-order valence-corrected chi connectivity index (χ3v) is 13.1. The van der Waals surface area contributed by atoms with Crippen LogP contribution in [0.5, 0.6) is 0 Å². The molecular weight excluding hydrogens is 512 g/mol. The highest BCUT2D eigenvalue weighted by Crippen LogP contribution is 2.44. The van der Waals surface area contributed by atoms with Crippen molar-refractivity contribution in [2.24, 2.45) is 0 Å². The van der Waals surface area contributed by atoms with Crippen molar-refractivity contribution in [2.45, 2.75) is 121 Å². The smallest absolute Gasteiger partial charge is 0.243 e. The zero-order chi connectivity index (χ0) is 26.8. The first-order chi connectivity index (χ1) is 17.3. The molecule has 9 nitrogen and oxygen atoms in total. The summed E-state index contributed by atoms with van der Waals surface area (Å²) in [5, 5.41) is 19.8. The minimum Gasteiger partial charge on any atom is -0.414 e. The zero-order valence-corrected chi connectivity index (χ0v) is 24.7. The van der Waals surface area contributed by atoms with Crippen LogP contribution in [0.3, 0.4) is 0 Å². The van der Waals surface area contributed by atoms with Crippen molar-refractivity contribution in [2.75, 3.05) is 11.9 Å². The molecule has 37 heavy (non-hydrogen) atoms. The molecule has 2 saturated heterocycles. The Bertz CT molecular complexity index is 1130. The van der Waals surface area contributed by atoms with Gasteiger partial charge in [-0.3, -0.25) is 0 Å². The number of aliphatic hydroxyl groups excluding tert-OH is 1. The van der Waals surface area contributed by atoms with E-state index in [-0.39, 0.29) is 22.5 Å². The van der Waals surface area contributed by atoms with Crippen LogP contribution in [0.1, 0.15) is 72.1 Å². The van der Waals surface area contributed by atoms with Gasteiger partial charge in [-0.2, -0.15) is 4.98 Å². The number of hydrogen-bond donors (Lipinski definition) is 2. The lowest BCUT2D eigenvalue weighted by molar-refractivity contribution is -0.200. The molecular formula is C26H41ClN4O5Si. The van der Waals surface area contributed by atoms with Gasteiger partial charge in [0.05, 0.1) is 12.3 Å². The lowest BCUT2D eigenvalue weighted by atomic mass is 10.0. The van der Waals surface area contributed by atoms with Crippen LogP contribution >= 0.6 is 11.6 Å². The topological polar surface area (TPSA) is 99.4 Å². The molecule has 0 amide bonds. The number of aromatic nitrogens is 3. The van der Waals surface area contributed by atoms with E-state index in [1.54, 1.807) is 4.52 Å². The van der Waals surface area contributed by atoms with Gasteiger partial charge >= 0.3 is 0 Å². The molecule has 0 aromatic carbocycles. The third kappa shape index (κ3) is 5.31. The first kappa shape index (κ1) is 27.3. The van der Waals surface area contributed by atoms with E-state index < -0.39 is 32.4 Å². The highest BCUT2D eigenvalue weighted by atomic mass is 35.5. The summed E-state index contributed by atoms with van der Waals surface area (Å²) in [5.74, 6) is -0.102. The van der Waals surface area contributed by atoms with Crippen molar-refractivity contribution in [3.63, 3.8) is 0 Å². The molecule has 5 atom stereocenters. The number of aliphatic hydroxyl groups is 1. The molecule has 4 heterocycles. The van der Waals surface area contributed by atoms with Crippen LogP contribution < -0.4 is 5.32 Å². The van der Waals surface area contributed by atoms with Gasteiger partial charge in [0.2, 0.25) is 5.28 Å². The Morgan fingerprint density at radius 2 is 1.89 bits per heavy atom. The Hall–Kier alpha value is -1.27. The number of anilines is 1. The molecule has 3 aliphatic rings. The second-order valence-corrected chi connectivity index (χ2v) is 17.8. The SMILES string of the molecule is CC1(C)O[C@@H]2[C@H](O1)[C@@H](CO[Si](C)(C)C(C)(C)C)O[C@@H]2C(O)c1ccc2c(NC3CCCC3)nc(Cl)nn12. The number of nitrogens with one attached hydrogen (secondary N) is 1. The lowest BCUT2D eigenvalue weighted by Gasteiger charge is -2.37. The number of ether oxygens (including phenoxy) is 3. The number of nitrogens with zero attached hydrogens (tertiary/aromatic N) is 3. The van der Waals surface area contributed by atoms with Gasteiger partial charge in [-0.1, -0.05) is 33.6 Å². The average molecular weight is 553 g/mol. The van der Waals surface area contributed by atoms with E-state index in [0.717, 1.165) is 18.4 Å². The molecule has 0 spiro atoms. The Kier molecular flexibility index (Phi) is 7.18. The molecule has 1 saturated carbocycles. The van der Waals surface area contributed by atoms with Crippen LogP contribution in [-0.2, 0) is 18.6 Å². The average Bonchev–Trinajstić information content (AvgIpc) is 3.55. The zero-order valence-electron chi connectivity index (χ0n) is 23.0. The summed E-state index contributed by atoms with van der Waals surface area (Å²) in [5.41, 5.74) is 1.33. The molecule has 2 aromatic heterocycles. The van der Waals surface area contributed by atoms with Crippen molar-refractivity contribution in [1.82, 2.24) is 14.6 Å². The maximum absolute atomic E-state index is 11.6. The normalized spacial score (nSPS) is 29.2. The van der Waals surface area contributed by atoms with Crippen LogP contribution in [0, 0.1) is 0 Å². The Morgan fingerprint density at radius 1 is 1.22 bits per heavy atom. The summed E-state index contributed by atoms with van der Waals surface area (Å²) in [4.78, 5) is 4.44. The van der Waals surface area contributed by atoms with E-state index in [2.05, 4.69) is 49.3 Å². The Labute approximate surface area is 225 Å². The van der Waals surface area contributed by atoms with Crippen molar-refractivity contribution < 1.29 is 23.7 Å². The van der Waals surface area contributed by atoms with Crippen LogP contribution in [0.2, 0.25) is 23.4 Å². The van der Waals surface area contributed by atoms with Crippen LogP contribution in [0.25, 0.3) is 5.52 Å². The Morgan fingerprint density at radius 3 is 2.57 bits per heavy atom. The summed E-state index contributed by atoms with van der Waals surface area (Å²) < 4.78 is 27.1. The largest absolute Gasteiger partial charge is 0.414 e. The molecule has 5 rings (SSSR count). The third-order valence-electron chi connectivity index (χ3n) is 8.42. The minimum absolute atomic E-state index is 0.0737. The van der Waals surface area contributed by atoms with Crippen molar-refractivity contribution in [3.05, 3.63) is 23.1 Å². The van der Waals surface area contributed by atoms with Crippen molar-refractivity contribution >= 4 is 31.3 Å². The number of fused-ring (bicyclic) bond motifs is 2. The van der Waals surface area contributed by atoms with E-state index >= 15 is 0 Å². The second-order valence-electron chi connectivity index (χ2n) is 12.6. The number of hydrogen-bond acceptors (Lipinski definition) is 8. The summed E-state index contributed by atoms with van der Waals surface area (Å²) in [7, 11) is -2.00. The maximum atomic E-state index is 11.6. The van der Waals surface area contributed by atoms with Crippen LogP contribution in [0.4, 0.5) is 5.82 Å². The van der Waals surface area contributed by atoms with Gasteiger partial charge in [0.25, 0.3) is 0 Å². The molecule has 2 aromatic rings. The van der Waals surface area contributed by atoms with Gasteiger partial charge in [-0.25, -0.2) is 4.52 Å². The fourth-order valence-corrected chi connectivity index (χ4v) is 6.54. The second kappa shape index (κ2) is 9.73. The van der Waals surface area contributed by atoms with Crippen molar-refractivity contribution in [3.8, 4) is 0 Å². The first-order valence-electron chi connectivity index (χ1n) is 13.4. The molecule has 2 N–H and O–H groups in total. The fourth-order valence-electron chi connectivity index (χ4n) is 5.36. The van der Waals surface area contributed by atoms with Gasteiger partial charge in [0, 0.05) is 6.04 Å². The first-order valence-corrected chi connectivity index (χ1v) is 16.7. The van der Waals surface area contributed by atoms with E-state index in [1.165, 1.54) is 12.8 Å². The van der Waals surface area contributed by atoms with Crippen LogP contribution in [-0.4, -0.2) is 70.9 Å². The molecule has 1 unspecified atom stereocenters. The van der Waals surface area contributed by atoms with E-state index in [4.69, 9.17) is 30.2 Å². The van der Waals surface area contributed by atoms with Gasteiger partial charge in [0.15, 0.2) is 19.9 Å². The monoisotopic (exact) mass is 552 g/mol. The summed E-state index contributed by atoms with van der Waals surface area (Å²) in [6.07, 6.45) is 1.80. The predicted molar refractivity (Wildman–Crippen MR) is 144 cm³/mol. The fraction of sp³-hybridized carbons (Fsp3) is 0.769. The van der Waals surface area contributed by atoms with E-state index in [0.29, 0.717) is 24.2 Å². The standard InChI is InChI=1S/C26H41ClN4O5Si/c1-25(2,3)37(6,7)33-14-18-20-22(36-26(4,5)35-20)21(34-18)19(32)16-12-13-17-23(28-15-10-8-9-11-15)29-24(27)30-31(16)17/h12-13,15,18-22,32H,8-11,14H2,1-7H3,(H,28,29,30)/t18-,19?,20-,21-,22-/m1/s1. The van der Waals surface area contributed by atoms with Gasteiger partial charge < -0.3 is 29.1 Å². The number of rotatable bonds is 7. The summed E-state index contributed by atoms with van der Waals surface area (Å²) in [6, 6.07) is 4.13. The highest BCUT2D eigenvalue weighted by molar-refractivity contribution is 6.74. The summed E-state index contributed by atoms with van der Waals surface area (Å²) in [6.45, 7) is 15.2. The lowest BCUT2D eigenvalue weighted by Crippen LogP contribution is -2.44. The molecule has 2 aliphatic heterocycles. The van der Waals surface area contributed by atoms with Crippen LogP contribution in [0.15, 0.2) is 12.1 Å². The van der Waals surface area contributed by atoms with Gasteiger partial charge in [-0.15, -0.1) is 5.10 Å². The predicted octanol–water partition coefficient (Wildman–Crippen LogP) is 5.08. The maximum Gasteiger partial charge on any atom is 0.243 e. The van der Waals surface area contributed by atoms with Gasteiger partial charge in [0.1, 0.15) is 36.0 Å². The molecule has 1 aliphatic carbocycles.